The van der Waals surface area contributed by atoms with Gasteiger partial charge in [0.2, 0.25) is 0 Å². The van der Waals surface area contributed by atoms with Crippen LogP contribution in [0.2, 0.25) is 21.6 Å². The Morgan fingerprint density at radius 2 is 1.37 bits per heavy atom. The first-order valence-electron chi connectivity index (χ1n) is 13.2. The van der Waals surface area contributed by atoms with Crippen LogP contribution in [-0.4, -0.2) is 15.2 Å². The van der Waals surface area contributed by atoms with Crippen molar-refractivity contribution in [1.29, 1.82) is 0 Å². The zero-order chi connectivity index (χ0) is 27.4. The molecule has 0 radical (unpaired) electrons. The molecule has 2 aromatic heterocycles. The molecule has 0 saturated heterocycles. The first kappa shape index (κ1) is 27.9. The van der Waals surface area contributed by atoms with Gasteiger partial charge < -0.3 is 4.74 Å². The Hall–Kier alpha value is -1.63. The van der Waals surface area contributed by atoms with Crippen LogP contribution in [-0.2, 0) is 0 Å². The third-order valence-corrected chi connectivity index (χ3v) is 19.8. The standard InChI is InChI=1S/C32H34BrClOS2Si/c1-18(2)38(19(3)4,20(5)6)30-17-25-23(12-14-27(33)32(25)37-30)24-13-15-28(34)26-16-29(36-31(24)26)21-8-10-22(35-7)11-9-21/h8-20H,1-7H3. The number of hydrogen-bond donors (Lipinski definition) is 0. The molecule has 5 rings (SSSR count). The molecule has 6 heteroatoms. The summed E-state index contributed by atoms with van der Waals surface area (Å²) in [6, 6.07) is 21.8. The van der Waals surface area contributed by atoms with Gasteiger partial charge in [-0.25, -0.2) is 0 Å². The van der Waals surface area contributed by atoms with E-state index in [1.165, 1.54) is 40.8 Å². The van der Waals surface area contributed by atoms with E-state index in [1.807, 2.05) is 34.8 Å². The summed E-state index contributed by atoms with van der Waals surface area (Å²) < 4.78 is 10.8. The normalized spacial score (nSPS) is 12.5. The minimum Gasteiger partial charge on any atom is -0.497 e. The van der Waals surface area contributed by atoms with Crippen LogP contribution in [0.15, 0.2) is 65.1 Å². The van der Waals surface area contributed by atoms with Crippen molar-refractivity contribution in [2.45, 2.75) is 58.2 Å². The van der Waals surface area contributed by atoms with Crippen LogP contribution in [0, 0.1) is 0 Å². The van der Waals surface area contributed by atoms with Crippen molar-refractivity contribution in [2.75, 3.05) is 7.11 Å². The molecular weight excluding hydrogens is 608 g/mol. The van der Waals surface area contributed by atoms with E-state index in [4.69, 9.17) is 16.3 Å². The van der Waals surface area contributed by atoms with Gasteiger partial charge >= 0.3 is 0 Å². The first-order valence-corrected chi connectivity index (χ1v) is 18.2. The van der Waals surface area contributed by atoms with Gasteiger partial charge in [0.05, 0.1) is 7.11 Å². The second-order valence-corrected chi connectivity index (χ2v) is 20.6. The fraction of sp³-hybridized carbons (Fsp3) is 0.312. The molecule has 0 bridgehead atoms. The Bertz CT molecular complexity index is 1590. The lowest BCUT2D eigenvalue weighted by Crippen LogP contribution is -2.54. The molecule has 0 unspecified atom stereocenters. The third-order valence-electron chi connectivity index (χ3n) is 8.22. The molecule has 0 aliphatic heterocycles. The Labute approximate surface area is 249 Å². The van der Waals surface area contributed by atoms with Crippen LogP contribution in [0.5, 0.6) is 5.75 Å². The SMILES string of the molecule is COc1ccc(-c2cc3c(Cl)ccc(-c4ccc(Br)c5sc([Si](C(C)C)(C(C)C)C(C)C)cc45)c3s2)cc1. The van der Waals surface area contributed by atoms with Gasteiger partial charge in [-0.2, -0.15) is 0 Å². The number of thiophene rings is 2. The molecule has 0 N–H and O–H groups in total. The summed E-state index contributed by atoms with van der Waals surface area (Å²) in [7, 11) is -0.0754. The highest BCUT2D eigenvalue weighted by molar-refractivity contribution is 9.10. The number of methoxy groups -OCH3 is 1. The fourth-order valence-electron chi connectivity index (χ4n) is 6.59. The molecule has 198 valence electrons. The Kier molecular flexibility index (Phi) is 7.89. The van der Waals surface area contributed by atoms with Gasteiger partial charge in [0.25, 0.3) is 0 Å². The molecule has 38 heavy (non-hydrogen) atoms. The molecular formula is C32H34BrClOS2Si. The van der Waals surface area contributed by atoms with Gasteiger partial charge in [-0.1, -0.05) is 65.3 Å². The Balaban J connectivity index is 1.74. The van der Waals surface area contributed by atoms with E-state index in [0.29, 0.717) is 16.6 Å². The van der Waals surface area contributed by atoms with E-state index < -0.39 is 8.07 Å². The maximum absolute atomic E-state index is 6.76. The summed E-state index contributed by atoms with van der Waals surface area (Å²) in [6.45, 7) is 14.7. The Morgan fingerprint density at radius 1 is 0.737 bits per heavy atom. The molecule has 0 saturated carbocycles. The Morgan fingerprint density at radius 3 is 1.97 bits per heavy atom. The molecule has 0 aliphatic rings. The zero-order valence-corrected chi connectivity index (χ0v) is 28.0. The minimum atomic E-state index is -1.78. The quantitative estimate of drug-likeness (QED) is 0.161. The van der Waals surface area contributed by atoms with Crippen molar-refractivity contribution >= 4 is 83.0 Å². The van der Waals surface area contributed by atoms with Crippen LogP contribution in [0.3, 0.4) is 0 Å². The van der Waals surface area contributed by atoms with Crippen molar-refractivity contribution in [2.24, 2.45) is 0 Å². The zero-order valence-electron chi connectivity index (χ0n) is 23.0. The van der Waals surface area contributed by atoms with Crippen molar-refractivity contribution < 1.29 is 4.74 Å². The monoisotopic (exact) mass is 640 g/mol. The van der Waals surface area contributed by atoms with Crippen LogP contribution in [0.4, 0.5) is 0 Å². The summed E-state index contributed by atoms with van der Waals surface area (Å²) in [6.07, 6.45) is 0. The minimum absolute atomic E-state index is 0.671. The summed E-state index contributed by atoms with van der Waals surface area (Å²) in [5.41, 5.74) is 5.73. The molecule has 0 spiro atoms. The molecule has 0 amide bonds. The summed E-state index contributed by atoms with van der Waals surface area (Å²) in [4.78, 5) is 1.21. The summed E-state index contributed by atoms with van der Waals surface area (Å²) in [5, 5.41) is 3.26. The van der Waals surface area contributed by atoms with E-state index in [2.05, 4.69) is 106 Å². The van der Waals surface area contributed by atoms with Crippen LogP contribution < -0.4 is 9.24 Å². The second kappa shape index (κ2) is 10.7. The van der Waals surface area contributed by atoms with E-state index in [1.54, 1.807) is 11.6 Å². The number of ether oxygens (including phenoxy) is 1. The third kappa shape index (κ3) is 4.48. The van der Waals surface area contributed by atoms with Gasteiger partial charge in [0.15, 0.2) is 0 Å². The average molecular weight is 642 g/mol. The smallest absolute Gasteiger partial charge is 0.118 e. The summed E-state index contributed by atoms with van der Waals surface area (Å²) >= 11 is 14.5. The van der Waals surface area contributed by atoms with E-state index in [9.17, 15) is 0 Å². The number of benzene rings is 3. The van der Waals surface area contributed by atoms with Crippen LogP contribution in [0.1, 0.15) is 41.5 Å². The van der Waals surface area contributed by atoms with Crippen molar-refractivity contribution in [1.82, 2.24) is 0 Å². The fourth-order valence-corrected chi connectivity index (χ4v) is 18.7. The van der Waals surface area contributed by atoms with E-state index >= 15 is 0 Å². The highest BCUT2D eigenvalue weighted by atomic mass is 79.9. The predicted octanol–water partition coefficient (Wildman–Crippen LogP) is 11.8. The van der Waals surface area contributed by atoms with Crippen molar-refractivity contribution in [3.63, 3.8) is 0 Å². The maximum atomic E-state index is 6.76. The van der Waals surface area contributed by atoms with Gasteiger partial charge in [0, 0.05) is 40.1 Å². The highest BCUT2D eigenvalue weighted by Crippen LogP contribution is 2.48. The molecule has 1 nitrogen and oxygen atoms in total. The van der Waals surface area contributed by atoms with E-state index in [-0.39, 0.29) is 0 Å². The van der Waals surface area contributed by atoms with Crippen molar-refractivity contribution in [3.05, 3.63) is 70.2 Å². The van der Waals surface area contributed by atoms with Gasteiger partial charge in [-0.3, -0.25) is 0 Å². The molecule has 5 aromatic rings. The van der Waals surface area contributed by atoms with E-state index in [0.717, 1.165) is 16.2 Å². The predicted molar refractivity (Wildman–Crippen MR) is 178 cm³/mol. The van der Waals surface area contributed by atoms with Gasteiger partial charge in [0.1, 0.15) is 13.8 Å². The van der Waals surface area contributed by atoms with Crippen LogP contribution in [0.25, 0.3) is 41.7 Å². The molecule has 0 atom stereocenters. The van der Waals surface area contributed by atoms with Crippen LogP contribution >= 0.6 is 50.2 Å². The lowest BCUT2D eigenvalue weighted by Gasteiger charge is -2.42. The molecule has 0 fully saturated rings. The van der Waals surface area contributed by atoms with Gasteiger partial charge in [-0.05, 0) is 96.7 Å². The van der Waals surface area contributed by atoms with Crippen molar-refractivity contribution in [3.8, 4) is 27.3 Å². The number of fused-ring (bicyclic) bond motifs is 2. The molecule has 0 aliphatic carbocycles. The number of halogens is 2. The number of rotatable bonds is 7. The molecule has 3 aromatic carbocycles. The average Bonchev–Trinajstić information content (AvgIpc) is 3.52. The van der Waals surface area contributed by atoms with Gasteiger partial charge in [-0.15, -0.1) is 22.7 Å². The lowest BCUT2D eigenvalue weighted by atomic mass is 10.0. The topological polar surface area (TPSA) is 9.23 Å². The summed E-state index contributed by atoms with van der Waals surface area (Å²) in [5.74, 6) is 0.864. The lowest BCUT2D eigenvalue weighted by molar-refractivity contribution is 0.415. The first-order chi connectivity index (χ1) is 18.1. The second-order valence-electron chi connectivity index (χ2n) is 11.0. The number of hydrogen-bond acceptors (Lipinski definition) is 3. The largest absolute Gasteiger partial charge is 0.497 e. The molecule has 2 heterocycles. The maximum Gasteiger partial charge on any atom is 0.118 e. The highest BCUT2D eigenvalue weighted by Gasteiger charge is 2.45.